The van der Waals surface area contributed by atoms with Gasteiger partial charge in [0.05, 0.1) is 11.4 Å². The molecule has 1 aromatic heterocycles. The van der Waals surface area contributed by atoms with Gasteiger partial charge >= 0.3 is 0 Å². The van der Waals surface area contributed by atoms with Crippen molar-refractivity contribution in [3.05, 3.63) is 76.9 Å². The molecule has 0 saturated heterocycles. The van der Waals surface area contributed by atoms with Gasteiger partial charge in [-0.15, -0.1) is 5.10 Å². The molecule has 7 heteroatoms. The summed E-state index contributed by atoms with van der Waals surface area (Å²) in [5, 5.41) is 11.1. The van der Waals surface area contributed by atoms with Gasteiger partial charge in [0.2, 0.25) is 0 Å². The van der Waals surface area contributed by atoms with Crippen molar-refractivity contribution < 1.29 is 9.18 Å². The van der Waals surface area contributed by atoms with Crippen LogP contribution >= 0.6 is 0 Å². The number of amides is 1. The fraction of sp³-hybridized carbons (Fsp3) is 0.400. The molecule has 32 heavy (non-hydrogen) atoms. The predicted molar refractivity (Wildman–Crippen MR) is 122 cm³/mol. The first-order valence-corrected chi connectivity index (χ1v) is 11.3. The van der Waals surface area contributed by atoms with Crippen LogP contribution in [-0.2, 0) is 13.1 Å². The number of nitrogens with zero attached hydrogens (tertiary/aromatic N) is 4. The molecule has 1 amide bonds. The molecule has 168 valence electrons. The van der Waals surface area contributed by atoms with Crippen LogP contribution in [0, 0.1) is 12.7 Å². The van der Waals surface area contributed by atoms with E-state index >= 15 is 0 Å². The molecule has 1 aliphatic carbocycles. The number of hydrogen-bond donors (Lipinski definition) is 1. The highest BCUT2D eigenvalue weighted by atomic mass is 19.1. The lowest BCUT2D eigenvalue weighted by molar-refractivity contribution is 0.0945. The highest BCUT2D eigenvalue weighted by Crippen LogP contribution is 2.23. The van der Waals surface area contributed by atoms with E-state index in [4.69, 9.17) is 0 Å². The van der Waals surface area contributed by atoms with Crippen LogP contribution in [0.3, 0.4) is 0 Å². The smallest absolute Gasteiger partial charge is 0.274 e. The van der Waals surface area contributed by atoms with Crippen LogP contribution < -0.4 is 5.32 Å². The number of nitrogens with one attached hydrogen (secondary N) is 1. The first kappa shape index (κ1) is 22.1. The van der Waals surface area contributed by atoms with E-state index in [1.807, 2.05) is 12.1 Å². The Morgan fingerprint density at radius 3 is 2.50 bits per heavy atom. The zero-order valence-electron chi connectivity index (χ0n) is 18.7. The first-order valence-electron chi connectivity index (χ1n) is 11.3. The minimum absolute atomic E-state index is 0.270. The van der Waals surface area contributed by atoms with E-state index in [1.54, 1.807) is 23.7 Å². The number of carbonyl (C=O) groups is 1. The van der Waals surface area contributed by atoms with E-state index in [0.717, 1.165) is 12.1 Å². The molecule has 0 spiro atoms. The van der Waals surface area contributed by atoms with E-state index in [-0.39, 0.29) is 17.4 Å². The maximum absolute atomic E-state index is 13.2. The zero-order chi connectivity index (χ0) is 22.5. The van der Waals surface area contributed by atoms with Crippen LogP contribution in [0.5, 0.6) is 0 Å². The number of hydrogen-bond acceptors (Lipinski definition) is 4. The molecule has 1 aliphatic rings. The minimum atomic E-state index is -0.322. The average molecular weight is 436 g/mol. The van der Waals surface area contributed by atoms with Crippen LogP contribution in [0.1, 0.15) is 59.4 Å². The number of rotatable bonds is 7. The molecule has 0 radical (unpaired) electrons. The van der Waals surface area contributed by atoms with Gasteiger partial charge in [-0.2, -0.15) is 0 Å². The standard InChI is InChI=1S/C25H30FN5O/c1-18-24(28-29-31(18)23-14-12-21(26)13-15-23)25(32)27-16-19-8-6-7-9-20(19)17-30(2)22-10-4-3-5-11-22/h6-9,12-15,22H,3-5,10-11,16-17H2,1-2H3,(H,27,32). The second-order valence-corrected chi connectivity index (χ2v) is 8.57. The van der Waals surface area contributed by atoms with Crippen LogP contribution in [0.15, 0.2) is 48.5 Å². The lowest BCUT2D eigenvalue weighted by Crippen LogP contribution is -2.33. The van der Waals surface area contributed by atoms with Crippen LogP contribution in [0.2, 0.25) is 0 Å². The minimum Gasteiger partial charge on any atom is -0.346 e. The Morgan fingerprint density at radius 2 is 1.78 bits per heavy atom. The summed E-state index contributed by atoms with van der Waals surface area (Å²) < 4.78 is 14.7. The second-order valence-electron chi connectivity index (χ2n) is 8.57. The van der Waals surface area contributed by atoms with Crippen molar-refractivity contribution >= 4 is 5.91 Å². The SMILES string of the molecule is Cc1c(C(=O)NCc2ccccc2CN(C)C2CCCCC2)nnn1-c1ccc(F)cc1. The number of halogens is 1. The zero-order valence-corrected chi connectivity index (χ0v) is 18.7. The van der Waals surface area contributed by atoms with Crippen LogP contribution in [0.4, 0.5) is 4.39 Å². The summed E-state index contributed by atoms with van der Waals surface area (Å²) in [5.74, 6) is -0.594. The summed E-state index contributed by atoms with van der Waals surface area (Å²) in [6, 6.07) is 14.8. The molecule has 0 bridgehead atoms. The first-order chi connectivity index (χ1) is 15.5. The Kier molecular flexibility index (Phi) is 6.95. The Bertz CT molecular complexity index is 1060. The maximum Gasteiger partial charge on any atom is 0.274 e. The monoisotopic (exact) mass is 435 g/mol. The van der Waals surface area contributed by atoms with Crippen molar-refractivity contribution in [1.29, 1.82) is 0 Å². The molecule has 1 heterocycles. The average Bonchev–Trinajstić information content (AvgIpc) is 3.20. The van der Waals surface area contributed by atoms with E-state index in [2.05, 4.69) is 39.7 Å². The fourth-order valence-corrected chi connectivity index (χ4v) is 4.43. The fourth-order valence-electron chi connectivity index (χ4n) is 4.43. The van der Waals surface area contributed by atoms with Crippen molar-refractivity contribution in [3.8, 4) is 5.69 Å². The molecule has 0 aliphatic heterocycles. The lowest BCUT2D eigenvalue weighted by atomic mass is 9.94. The van der Waals surface area contributed by atoms with Gasteiger partial charge in [0, 0.05) is 19.1 Å². The van der Waals surface area contributed by atoms with Crippen molar-refractivity contribution in [1.82, 2.24) is 25.2 Å². The third-order valence-electron chi connectivity index (χ3n) is 6.36. The van der Waals surface area contributed by atoms with E-state index in [1.165, 1.54) is 49.8 Å². The molecule has 0 atom stereocenters. The summed E-state index contributed by atoms with van der Waals surface area (Å²) >= 11 is 0. The van der Waals surface area contributed by atoms with Crippen molar-refractivity contribution in [2.45, 2.75) is 58.2 Å². The summed E-state index contributed by atoms with van der Waals surface area (Å²) in [4.78, 5) is 15.3. The number of carbonyl (C=O) groups excluding carboxylic acids is 1. The summed E-state index contributed by atoms with van der Waals surface area (Å²) in [6.07, 6.45) is 6.49. The highest BCUT2D eigenvalue weighted by molar-refractivity contribution is 5.93. The van der Waals surface area contributed by atoms with E-state index in [9.17, 15) is 9.18 Å². The summed E-state index contributed by atoms with van der Waals surface area (Å²) in [6.45, 7) is 3.08. The summed E-state index contributed by atoms with van der Waals surface area (Å²) in [5.41, 5.74) is 3.87. The van der Waals surface area contributed by atoms with Crippen molar-refractivity contribution in [3.63, 3.8) is 0 Å². The highest BCUT2D eigenvalue weighted by Gasteiger charge is 2.20. The second kappa shape index (κ2) is 10.0. The number of aromatic nitrogens is 3. The van der Waals surface area contributed by atoms with Gasteiger partial charge in [0.15, 0.2) is 5.69 Å². The molecule has 2 aromatic carbocycles. The van der Waals surface area contributed by atoms with Gasteiger partial charge in [0.1, 0.15) is 5.82 Å². The normalized spacial score (nSPS) is 14.6. The van der Waals surface area contributed by atoms with Crippen molar-refractivity contribution in [2.75, 3.05) is 7.05 Å². The van der Waals surface area contributed by atoms with E-state index in [0.29, 0.717) is 24.0 Å². The van der Waals surface area contributed by atoms with Gasteiger partial charge in [0.25, 0.3) is 5.91 Å². The Hall–Kier alpha value is -3.06. The molecular formula is C25H30FN5O. The maximum atomic E-state index is 13.2. The molecule has 6 nitrogen and oxygen atoms in total. The van der Waals surface area contributed by atoms with Gasteiger partial charge < -0.3 is 5.32 Å². The lowest BCUT2D eigenvalue weighted by Gasteiger charge is -2.31. The molecule has 0 unspecified atom stereocenters. The molecule has 3 aromatic rings. The summed E-state index contributed by atoms with van der Waals surface area (Å²) in [7, 11) is 2.20. The predicted octanol–water partition coefficient (Wildman–Crippen LogP) is 4.41. The topological polar surface area (TPSA) is 63.1 Å². The largest absolute Gasteiger partial charge is 0.346 e. The molecule has 4 rings (SSSR count). The third kappa shape index (κ3) is 5.05. The third-order valence-corrected chi connectivity index (χ3v) is 6.36. The van der Waals surface area contributed by atoms with Gasteiger partial charge in [-0.1, -0.05) is 48.7 Å². The molecule has 1 fully saturated rings. The molecular weight excluding hydrogens is 405 g/mol. The Labute approximate surface area is 188 Å². The quantitative estimate of drug-likeness (QED) is 0.597. The van der Waals surface area contributed by atoms with Crippen LogP contribution in [0.25, 0.3) is 5.69 Å². The Morgan fingerprint density at radius 1 is 1.09 bits per heavy atom. The van der Waals surface area contributed by atoms with Crippen molar-refractivity contribution in [2.24, 2.45) is 0 Å². The van der Waals surface area contributed by atoms with Gasteiger partial charge in [-0.3, -0.25) is 9.69 Å². The molecule has 1 N–H and O–H groups in total. The molecule has 1 saturated carbocycles. The number of benzene rings is 2. The Balaban J connectivity index is 1.42. The van der Waals surface area contributed by atoms with E-state index < -0.39 is 0 Å². The van der Waals surface area contributed by atoms with Gasteiger partial charge in [-0.25, -0.2) is 9.07 Å². The van der Waals surface area contributed by atoms with Gasteiger partial charge in [-0.05, 0) is 62.2 Å². The van der Waals surface area contributed by atoms with Crippen LogP contribution in [-0.4, -0.2) is 38.9 Å².